The van der Waals surface area contributed by atoms with Gasteiger partial charge in [-0.25, -0.2) is 0 Å². The lowest BCUT2D eigenvalue weighted by Crippen LogP contribution is -2.26. The quantitative estimate of drug-likeness (QED) is 0.834. The Kier molecular flexibility index (Phi) is 4.78. The predicted octanol–water partition coefficient (Wildman–Crippen LogP) is 2.18. The number of rotatable bonds is 6. The van der Waals surface area contributed by atoms with Gasteiger partial charge in [-0.2, -0.15) is 0 Å². The third-order valence-electron chi connectivity index (χ3n) is 2.50. The summed E-state index contributed by atoms with van der Waals surface area (Å²) in [4.78, 5) is 0. The highest BCUT2D eigenvalue weighted by Gasteiger charge is 2.03. The zero-order chi connectivity index (χ0) is 13.5. The molecule has 2 aromatic rings. The Hall–Kier alpha value is -2.04. The van der Waals surface area contributed by atoms with Gasteiger partial charge >= 0.3 is 0 Å². The molecule has 0 aromatic heterocycles. The van der Waals surface area contributed by atoms with Crippen LogP contribution in [0.15, 0.2) is 54.6 Å². The third-order valence-corrected chi connectivity index (χ3v) is 2.50. The van der Waals surface area contributed by atoms with E-state index >= 15 is 0 Å². The average Bonchev–Trinajstić information content (AvgIpc) is 2.46. The van der Waals surface area contributed by atoms with E-state index in [1.165, 1.54) is 0 Å². The molecule has 0 saturated heterocycles. The average molecular weight is 259 g/mol. The maximum atomic E-state index is 9.34. The Labute approximate surface area is 112 Å². The number of aliphatic hydroxyl groups excluding tert-OH is 1. The largest absolute Gasteiger partial charge is 0.491 e. The van der Waals surface area contributed by atoms with Gasteiger partial charge in [-0.05, 0) is 24.3 Å². The summed E-state index contributed by atoms with van der Waals surface area (Å²) in [6.07, 6.45) is -0.654. The van der Waals surface area contributed by atoms with Crippen molar-refractivity contribution in [1.82, 2.24) is 0 Å². The van der Waals surface area contributed by atoms with Gasteiger partial charge in [0.25, 0.3) is 0 Å². The molecular formula is C15H17NO3. The minimum Gasteiger partial charge on any atom is -0.491 e. The number of ether oxygens (including phenoxy) is 2. The van der Waals surface area contributed by atoms with Crippen LogP contribution >= 0.6 is 0 Å². The van der Waals surface area contributed by atoms with Gasteiger partial charge in [-0.15, -0.1) is 0 Å². The van der Waals surface area contributed by atoms with Crippen LogP contribution in [0.25, 0.3) is 0 Å². The van der Waals surface area contributed by atoms with Crippen molar-refractivity contribution >= 4 is 0 Å². The molecule has 0 aliphatic carbocycles. The zero-order valence-corrected chi connectivity index (χ0v) is 10.5. The molecule has 3 N–H and O–H groups in total. The molecule has 2 rings (SSSR count). The van der Waals surface area contributed by atoms with Crippen molar-refractivity contribution in [1.29, 1.82) is 0 Å². The second kappa shape index (κ2) is 6.78. The monoisotopic (exact) mass is 259 g/mol. The molecule has 4 nitrogen and oxygen atoms in total. The molecule has 0 heterocycles. The van der Waals surface area contributed by atoms with Crippen molar-refractivity contribution < 1.29 is 14.6 Å². The van der Waals surface area contributed by atoms with Gasteiger partial charge in [0, 0.05) is 12.6 Å². The zero-order valence-electron chi connectivity index (χ0n) is 10.5. The first-order chi connectivity index (χ1) is 9.28. The molecule has 0 saturated carbocycles. The van der Waals surface area contributed by atoms with E-state index in [-0.39, 0.29) is 13.2 Å². The van der Waals surface area contributed by atoms with Crippen LogP contribution in [0.5, 0.6) is 17.2 Å². The predicted molar refractivity (Wildman–Crippen MR) is 73.5 cm³/mol. The smallest absolute Gasteiger partial charge is 0.131 e. The summed E-state index contributed by atoms with van der Waals surface area (Å²) in [6.45, 7) is 0.353. The first-order valence-electron chi connectivity index (χ1n) is 6.12. The molecule has 4 heteroatoms. The van der Waals surface area contributed by atoms with E-state index in [2.05, 4.69) is 0 Å². The third kappa shape index (κ3) is 4.28. The van der Waals surface area contributed by atoms with E-state index in [0.717, 1.165) is 5.75 Å². The summed E-state index contributed by atoms with van der Waals surface area (Å²) < 4.78 is 11.1. The summed E-state index contributed by atoms with van der Waals surface area (Å²) >= 11 is 0. The minimum atomic E-state index is -0.654. The fourth-order valence-corrected chi connectivity index (χ4v) is 1.51. The Morgan fingerprint density at radius 1 is 0.947 bits per heavy atom. The van der Waals surface area contributed by atoms with Crippen molar-refractivity contribution in [3.63, 3.8) is 0 Å². The molecule has 19 heavy (non-hydrogen) atoms. The number of hydrogen-bond acceptors (Lipinski definition) is 4. The molecule has 0 aliphatic rings. The van der Waals surface area contributed by atoms with Crippen molar-refractivity contribution in [3.05, 3.63) is 54.6 Å². The Bertz CT molecular complexity index is 502. The van der Waals surface area contributed by atoms with E-state index in [9.17, 15) is 5.11 Å². The molecule has 100 valence electrons. The van der Waals surface area contributed by atoms with E-state index in [0.29, 0.717) is 11.5 Å². The van der Waals surface area contributed by atoms with Crippen LogP contribution in [-0.2, 0) is 0 Å². The number of benzene rings is 2. The molecule has 0 unspecified atom stereocenters. The first kappa shape index (κ1) is 13.4. The number of nitrogens with two attached hydrogens (primary N) is 1. The molecule has 0 bridgehead atoms. The standard InChI is InChI=1S/C15H17NO3/c16-10-12(17)11-18-14-7-4-8-15(9-14)19-13-5-2-1-3-6-13/h1-9,12,17H,10-11,16H2/t12-/m0/s1. The Morgan fingerprint density at radius 3 is 2.37 bits per heavy atom. The normalized spacial score (nSPS) is 11.9. The highest BCUT2D eigenvalue weighted by Crippen LogP contribution is 2.24. The first-order valence-corrected chi connectivity index (χ1v) is 6.12. The molecule has 2 aromatic carbocycles. The second-order valence-corrected chi connectivity index (χ2v) is 4.09. The molecular weight excluding hydrogens is 242 g/mol. The molecule has 0 aliphatic heterocycles. The molecule has 0 spiro atoms. The maximum Gasteiger partial charge on any atom is 0.131 e. The number of aliphatic hydroxyl groups is 1. The van der Waals surface area contributed by atoms with E-state index in [1.807, 2.05) is 42.5 Å². The van der Waals surface area contributed by atoms with Crippen LogP contribution < -0.4 is 15.2 Å². The number of para-hydroxylation sites is 1. The fourth-order valence-electron chi connectivity index (χ4n) is 1.51. The van der Waals surface area contributed by atoms with Crippen LogP contribution in [0.2, 0.25) is 0 Å². The lowest BCUT2D eigenvalue weighted by molar-refractivity contribution is 0.114. The molecule has 0 amide bonds. The SMILES string of the molecule is NC[C@H](O)COc1cccc(Oc2ccccc2)c1. The van der Waals surface area contributed by atoms with Crippen molar-refractivity contribution in [2.45, 2.75) is 6.10 Å². The summed E-state index contributed by atoms with van der Waals surface area (Å²) in [6, 6.07) is 16.8. The van der Waals surface area contributed by atoms with E-state index < -0.39 is 6.10 Å². The Morgan fingerprint density at radius 2 is 1.63 bits per heavy atom. The number of hydrogen-bond donors (Lipinski definition) is 2. The summed E-state index contributed by atoms with van der Waals surface area (Å²) in [5, 5.41) is 9.34. The van der Waals surface area contributed by atoms with Crippen LogP contribution in [0, 0.1) is 0 Å². The van der Waals surface area contributed by atoms with Crippen LogP contribution in [0.1, 0.15) is 0 Å². The van der Waals surface area contributed by atoms with Gasteiger partial charge in [0.2, 0.25) is 0 Å². The van der Waals surface area contributed by atoms with Gasteiger partial charge in [0.05, 0.1) is 0 Å². The molecule has 0 fully saturated rings. The van der Waals surface area contributed by atoms with E-state index in [1.54, 1.807) is 12.1 Å². The minimum absolute atomic E-state index is 0.172. The van der Waals surface area contributed by atoms with Crippen LogP contribution in [-0.4, -0.2) is 24.4 Å². The van der Waals surface area contributed by atoms with Crippen molar-refractivity contribution in [3.8, 4) is 17.2 Å². The fraction of sp³-hybridized carbons (Fsp3) is 0.200. The van der Waals surface area contributed by atoms with Crippen molar-refractivity contribution in [2.75, 3.05) is 13.2 Å². The van der Waals surface area contributed by atoms with Crippen molar-refractivity contribution in [2.24, 2.45) is 5.73 Å². The van der Waals surface area contributed by atoms with Gasteiger partial charge in [0.15, 0.2) is 0 Å². The highest BCUT2D eigenvalue weighted by molar-refractivity contribution is 5.36. The maximum absolute atomic E-state index is 9.34. The lowest BCUT2D eigenvalue weighted by Gasteiger charge is -2.11. The van der Waals surface area contributed by atoms with Gasteiger partial charge < -0.3 is 20.3 Å². The second-order valence-electron chi connectivity index (χ2n) is 4.09. The van der Waals surface area contributed by atoms with E-state index in [4.69, 9.17) is 15.2 Å². The van der Waals surface area contributed by atoms with Crippen LogP contribution in [0.4, 0.5) is 0 Å². The van der Waals surface area contributed by atoms with Crippen LogP contribution in [0.3, 0.4) is 0 Å². The lowest BCUT2D eigenvalue weighted by atomic mass is 10.3. The van der Waals surface area contributed by atoms with Gasteiger partial charge in [-0.1, -0.05) is 24.3 Å². The van der Waals surface area contributed by atoms with Gasteiger partial charge in [-0.3, -0.25) is 0 Å². The topological polar surface area (TPSA) is 64.7 Å². The summed E-state index contributed by atoms with van der Waals surface area (Å²) in [7, 11) is 0. The Balaban J connectivity index is 1.99. The summed E-state index contributed by atoms with van der Waals surface area (Å²) in [5.41, 5.74) is 5.31. The summed E-state index contributed by atoms with van der Waals surface area (Å²) in [5.74, 6) is 2.09. The molecule has 1 atom stereocenters. The van der Waals surface area contributed by atoms with Gasteiger partial charge in [0.1, 0.15) is 30.0 Å². The molecule has 0 radical (unpaired) electrons. The highest BCUT2D eigenvalue weighted by atomic mass is 16.5.